The average molecular weight is 297 g/mol. The molecule has 1 aromatic heterocycles. The molecule has 0 radical (unpaired) electrons. The highest BCUT2D eigenvalue weighted by Gasteiger charge is 2.03. The molecule has 0 amide bonds. The van der Waals surface area contributed by atoms with Gasteiger partial charge in [-0.3, -0.25) is 4.98 Å². The van der Waals surface area contributed by atoms with Crippen molar-refractivity contribution >= 4 is 23.2 Å². The van der Waals surface area contributed by atoms with Crippen molar-refractivity contribution in [2.75, 3.05) is 6.54 Å². The van der Waals surface area contributed by atoms with Gasteiger partial charge in [0.05, 0.1) is 6.20 Å². The molecule has 0 aliphatic rings. The van der Waals surface area contributed by atoms with Gasteiger partial charge >= 0.3 is 0 Å². The van der Waals surface area contributed by atoms with E-state index in [2.05, 4.69) is 4.98 Å². The van der Waals surface area contributed by atoms with Crippen molar-refractivity contribution in [3.05, 3.63) is 57.8 Å². The molecule has 3 nitrogen and oxygen atoms in total. The second-order valence-corrected chi connectivity index (χ2v) is 4.89. The number of nitrogens with two attached hydrogens (primary N) is 1. The lowest BCUT2D eigenvalue weighted by molar-refractivity contribution is 0.305. The van der Waals surface area contributed by atoms with Crippen LogP contribution in [0.5, 0.6) is 5.75 Å². The van der Waals surface area contributed by atoms with E-state index in [9.17, 15) is 0 Å². The molecule has 0 aliphatic heterocycles. The summed E-state index contributed by atoms with van der Waals surface area (Å²) in [6.45, 7) is 0.947. The van der Waals surface area contributed by atoms with Crippen molar-refractivity contribution in [3.63, 3.8) is 0 Å². The van der Waals surface area contributed by atoms with Crippen LogP contribution in [-0.2, 0) is 13.0 Å². The Labute approximate surface area is 122 Å². The first-order chi connectivity index (χ1) is 9.19. The van der Waals surface area contributed by atoms with Crippen molar-refractivity contribution < 1.29 is 4.74 Å². The molecule has 0 aliphatic carbocycles. The number of pyridine rings is 1. The Kier molecular flexibility index (Phi) is 5.02. The lowest BCUT2D eigenvalue weighted by Crippen LogP contribution is -2.04. The Morgan fingerprint density at radius 2 is 2.00 bits per heavy atom. The number of aromatic nitrogens is 1. The molecule has 0 atom stereocenters. The molecule has 19 heavy (non-hydrogen) atoms. The Bertz CT molecular complexity index is 544. The summed E-state index contributed by atoms with van der Waals surface area (Å²) in [7, 11) is 0. The molecule has 0 unspecified atom stereocenters. The molecule has 2 rings (SSSR count). The maximum Gasteiger partial charge on any atom is 0.138 e. The van der Waals surface area contributed by atoms with E-state index in [0.717, 1.165) is 17.7 Å². The van der Waals surface area contributed by atoms with Gasteiger partial charge in [-0.05, 0) is 36.9 Å². The summed E-state index contributed by atoms with van der Waals surface area (Å²) in [5.41, 5.74) is 7.27. The van der Waals surface area contributed by atoms with Gasteiger partial charge in [0.15, 0.2) is 0 Å². The third kappa shape index (κ3) is 4.10. The predicted molar refractivity (Wildman–Crippen MR) is 77.8 cm³/mol. The Morgan fingerprint density at radius 3 is 2.68 bits per heavy atom. The smallest absolute Gasteiger partial charge is 0.138 e. The average Bonchev–Trinajstić information content (AvgIpc) is 2.42. The standard InChI is InChI=1S/C14H14Cl2N2O/c15-11-1-4-14(16)10(7-11)9-19-13-3-2-12(5-6-17)18-8-13/h1-4,7-8H,5-6,9,17H2. The van der Waals surface area contributed by atoms with E-state index >= 15 is 0 Å². The monoisotopic (exact) mass is 296 g/mol. The molecule has 0 bridgehead atoms. The first kappa shape index (κ1) is 14.1. The van der Waals surface area contributed by atoms with Gasteiger partial charge in [0.25, 0.3) is 0 Å². The van der Waals surface area contributed by atoms with Gasteiger partial charge in [0, 0.05) is 27.7 Å². The van der Waals surface area contributed by atoms with Crippen LogP contribution in [0.2, 0.25) is 10.0 Å². The zero-order valence-corrected chi connectivity index (χ0v) is 11.8. The number of hydrogen-bond acceptors (Lipinski definition) is 3. The SMILES string of the molecule is NCCc1ccc(OCc2cc(Cl)ccc2Cl)cn1. The van der Waals surface area contributed by atoms with E-state index in [0.29, 0.717) is 28.9 Å². The molecule has 5 heteroatoms. The summed E-state index contributed by atoms with van der Waals surface area (Å²) in [5, 5.41) is 1.27. The molecule has 100 valence electrons. The lowest BCUT2D eigenvalue weighted by atomic mass is 10.2. The molecule has 1 heterocycles. The van der Waals surface area contributed by atoms with Crippen LogP contribution in [0.3, 0.4) is 0 Å². The van der Waals surface area contributed by atoms with E-state index in [1.165, 1.54) is 0 Å². The van der Waals surface area contributed by atoms with Gasteiger partial charge in [0.1, 0.15) is 12.4 Å². The third-order valence-corrected chi connectivity index (χ3v) is 3.20. The van der Waals surface area contributed by atoms with E-state index < -0.39 is 0 Å². The van der Waals surface area contributed by atoms with Crippen molar-refractivity contribution in [2.24, 2.45) is 5.73 Å². The van der Waals surface area contributed by atoms with E-state index in [-0.39, 0.29) is 0 Å². The van der Waals surface area contributed by atoms with E-state index in [1.807, 2.05) is 12.1 Å². The normalized spacial score (nSPS) is 10.5. The van der Waals surface area contributed by atoms with Gasteiger partial charge < -0.3 is 10.5 Å². The molecule has 0 fully saturated rings. The molecule has 0 saturated heterocycles. The zero-order chi connectivity index (χ0) is 13.7. The number of nitrogens with zero attached hydrogens (tertiary/aromatic N) is 1. The summed E-state index contributed by atoms with van der Waals surface area (Å²) in [4.78, 5) is 4.26. The number of benzene rings is 1. The summed E-state index contributed by atoms with van der Waals surface area (Å²) in [5.74, 6) is 0.691. The summed E-state index contributed by atoms with van der Waals surface area (Å²) in [6.07, 6.45) is 2.45. The third-order valence-electron chi connectivity index (χ3n) is 2.60. The lowest BCUT2D eigenvalue weighted by Gasteiger charge is -2.08. The minimum Gasteiger partial charge on any atom is -0.487 e. The fourth-order valence-corrected chi connectivity index (χ4v) is 1.97. The van der Waals surface area contributed by atoms with Crippen molar-refractivity contribution in [1.82, 2.24) is 4.98 Å². The minimum absolute atomic E-state index is 0.358. The van der Waals surface area contributed by atoms with Crippen molar-refractivity contribution in [3.8, 4) is 5.75 Å². The Hall–Kier alpha value is -1.29. The first-order valence-corrected chi connectivity index (χ1v) is 6.66. The van der Waals surface area contributed by atoms with Crippen LogP contribution >= 0.6 is 23.2 Å². The molecule has 0 saturated carbocycles. The molecule has 2 N–H and O–H groups in total. The Balaban J connectivity index is 2.00. The van der Waals surface area contributed by atoms with Gasteiger partial charge in [-0.25, -0.2) is 0 Å². The van der Waals surface area contributed by atoms with Crippen molar-refractivity contribution in [2.45, 2.75) is 13.0 Å². The van der Waals surface area contributed by atoms with Gasteiger partial charge in [0.2, 0.25) is 0 Å². The van der Waals surface area contributed by atoms with Crippen LogP contribution in [0.4, 0.5) is 0 Å². The van der Waals surface area contributed by atoms with Crippen molar-refractivity contribution in [1.29, 1.82) is 0 Å². The summed E-state index contributed by atoms with van der Waals surface area (Å²) in [6, 6.07) is 9.07. The zero-order valence-electron chi connectivity index (χ0n) is 10.3. The highest BCUT2D eigenvalue weighted by molar-refractivity contribution is 6.33. The summed E-state index contributed by atoms with van der Waals surface area (Å²) < 4.78 is 5.62. The summed E-state index contributed by atoms with van der Waals surface area (Å²) >= 11 is 12.0. The predicted octanol–water partition coefficient (Wildman–Crippen LogP) is 3.47. The highest BCUT2D eigenvalue weighted by Crippen LogP contribution is 2.22. The van der Waals surface area contributed by atoms with Gasteiger partial charge in [-0.15, -0.1) is 0 Å². The largest absolute Gasteiger partial charge is 0.487 e. The van der Waals surface area contributed by atoms with Crippen LogP contribution < -0.4 is 10.5 Å². The van der Waals surface area contributed by atoms with E-state index in [1.54, 1.807) is 24.4 Å². The van der Waals surface area contributed by atoms with Gasteiger partial charge in [-0.2, -0.15) is 0 Å². The number of hydrogen-bond donors (Lipinski definition) is 1. The second kappa shape index (κ2) is 6.75. The van der Waals surface area contributed by atoms with Crippen LogP contribution in [0, 0.1) is 0 Å². The fourth-order valence-electron chi connectivity index (χ4n) is 1.61. The van der Waals surface area contributed by atoms with E-state index in [4.69, 9.17) is 33.7 Å². The quantitative estimate of drug-likeness (QED) is 0.919. The topological polar surface area (TPSA) is 48.1 Å². The molecular formula is C14H14Cl2N2O. The van der Waals surface area contributed by atoms with Crippen LogP contribution in [0.1, 0.15) is 11.3 Å². The second-order valence-electron chi connectivity index (χ2n) is 4.05. The van der Waals surface area contributed by atoms with Crippen LogP contribution in [0.15, 0.2) is 36.5 Å². The molecule has 2 aromatic rings. The van der Waals surface area contributed by atoms with Gasteiger partial charge in [-0.1, -0.05) is 23.2 Å². The first-order valence-electron chi connectivity index (χ1n) is 5.91. The minimum atomic E-state index is 0.358. The maximum absolute atomic E-state index is 6.06. The van der Waals surface area contributed by atoms with Crippen LogP contribution in [0.25, 0.3) is 0 Å². The fraction of sp³-hybridized carbons (Fsp3) is 0.214. The molecule has 0 spiro atoms. The number of ether oxygens (including phenoxy) is 1. The van der Waals surface area contributed by atoms with Crippen LogP contribution in [-0.4, -0.2) is 11.5 Å². The highest BCUT2D eigenvalue weighted by atomic mass is 35.5. The maximum atomic E-state index is 6.06. The Morgan fingerprint density at radius 1 is 1.16 bits per heavy atom. The molecule has 1 aromatic carbocycles. The molecular weight excluding hydrogens is 283 g/mol. The number of rotatable bonds is 5. The number of halogens is 2.